The Morgan fingerprint density at radius 1 is 0.923 bits per heavy atom. The fraction of sp³-hybridized carbons (Fsp3) is 0.444. The van der Waals surface area contributed by atoms with Crippen LogP contribution in [-0.4, -0.2) is 57.5 Å². The molecule has 1 atom stereocenters. The number of hydrogen-bond donors (Lipinski definition) is 3. The first-order valence-corrected chi connectivity index (χ1v) is 12.5. The van der Waals surface area contributed by atoms with E-state index in [1.54, 1.807) is 57.3 Å². The maximum atomic E-state index is 13.4. The van der Waals surface area contributed by atoms with E-state index in [2.05, 4.69) is 26.1 Å². The summed E-state index contributed by atoms with van der Waals surface area (Å²) in [4.78, 5) is 37.2. The number of benzene rings is 1. The molecule has 0 saturated carbocycles. The number of amides is 3. The van der Waals surface area contributed by atoms with Crippen LogP contribution in [0.25, 0.3) is 5.65 Å². The van der Waals surface area contributed by atoms with Crippen molar-refractivity contribution in [3.63, 3.8) is 0 Å². The molecule has 3 rings (SSSR count). The Labute approximate surface area is 227 Å². The Kier molecular flexibility index (Phi) is 9.47. The zero-order valence-electron chi connectivity index (χ0n) is 23.1. The van der Waals surface area contributed by atoms with E-state index in [0.29, 0.717) is 23.6 Å². The summed E-state index contributed by atoms with van der Waals surface area (Å²) in [5.41, 5.74) is 0.155. The zero-order chi connectivity index (χ0) is 28.6. The minimum atomic E-state index is -1.31. The third-order valence-electron chi connectivity index (χ3n) is 5.46. The fourth-order valence-electron chi connectivity index (χ4n) is 3.50. The Morgan fingerprint density at radius 2 is 1.64 bits per heavy atom. The minimum absolute atomic E-state index is 0.0294. The lowest BCUT2D eigenvalue weighted by atomic mass is 10.0. The number of fused-ring (bicyclic) bond motifs is 1. The molecule has 0 radical (unpaired) electrons. The lowest BCUT2D eigenvalue weighted by Crippen LogP contribution is -2.56. The van der Waals surface area contributed by atoms with E-state index in [9.17, 15) is 14.4 Å². The second-order valence-corrected chi connectivity index (χ2v) is 10.4. The van der Waals surface area contributed by atoms with Gasteiger partial charge in [-0.05, 0) is 46.2 Å². The monoisotopic (exact) mass is 540 g/mol. The van der Waals surface area contributed by atoms with Gasteiger partial charge in [0.05, 0.1) is 13.2 Å². The first-order chi connectivity index (χ1) is 18.4. The molecular weight excluding hydrogens is 504 g/mol. The summed E-state index contributed by atoms with van der Waals surface area (Å²) >= 11 is 0. The Balaban J connectivity index is 1.83. The average molecular weight is 541 g/mol. The van der Waals surface area contributed by atoms with Gasteiger partial charge in [-0.2, -0.15) is 0 Å². The first-order valence-electron chi connectivity index (χ1n) is 12.5. The third kappa shape index (κ3) is 8.67. The van der Waals surface area contributed by atoms with E-state index in [-0.39, 0.29) is 13.2 Å². The van der Waals surface area contributed by atoms with Crippen LogP contribution in [-0.2, 0) is 32.2 Å². The molecule has 0 aliphatic carbocycles. The number of aromatic nitrogens is 3. The van der Waals surface area contributed by atoms with Gasteiger partial charge in [0.25, 0.3) is 0 Å². The van der Waals surface area contributed by atoms with Gasteiger partial charge in [0.15, 0.2) is 11.5 Å². The number of pyridine rings is 1. The summed E-state index contributed by atoms with van der Waals surface area (Å²) in [6.45, 7) is 8.78. The van der Waals surface area contributed by atoms with E-state index >= 15 is 0 Å². The molecule has 1 aromatic carbocycles. The van der Waals surface area contributed by atoms with Crippen LogP contribution in [0, 0.1) is 0 Å². The standard InChI is InChI=1S/C27H36N6O6/c1-26(2,3)39-25(36)30-27(4,5)23(34)29-20(17-37-15-18-10-8-7-9-11-18)22-32-31-21-13-12-19(14-33(21)22)16-38-24(35)28-6/h7-14,20H,15-17H2,1-6H3,(H,28,35)(H,29,34)(H,30,36)/t20-/m1/s1. The topological polar surface area (TPSA) is 145 Å². The van der Waals surface area contributed by atoms with Crippen molar-refractivity contribution in [1.82, 2.24) is 30.5 Å². The number of nitrogens with zero attached hydrogens (tertiary/aromatic N) is 3. The van der Waals surface area contributed by atoms with Crippen LogP contribution in [0.4, 0.5) is 9.59 Å². The Morgan fingerprint density at radius 3 is 2.31 bits per heavy atom. The highest BCUT2D eigenvalue weighted by molar-refractivity contribution is 5.89. The molecule has 0 aliphatic heterocycles. The lowest BCUT2D eigenvalue weighted by Gasteiger charge is -2.29. The molecule has 3 aromatic rings. The average Bonchev–Trinajstić information content (AvgIpc) is 3.28. The predicted molar refractivity (Wildman–Crippen MR) is 143 cm³/mol. The summed E-state index contributed by atoms with van der Waals surface area (Å²) in [5.74, 6) is -0.0706. The van der Waals surface area contributed by atoms with Crippen LogP contribution in [0.3, 0.4) is 0 Å². The zero-order valence-corrected chi connectivity index (χ0v) is 23.1. The minimum Gasteiger partial charge on any atom is -0.445 e. The highest BCUT2D eigenvalue weighted by Crippen LogP contribution is 2.18. The summed E-state index contributed by atoms with van der Waals surface area (Å²) < 4.78 is 18.1. The number of rotatable bonds is 10. The van der Waals surface area contributed by atoms with Crippen LogP contribution in [0.2, 0.25) is 0 Å². The van der Waals surface area contributed by atoms with Gasteiger partial charge in [-0.3, -0.25) is 9.20 Å². The quantitative estimate of drug-likeness (QED) is 0.355. The molecule has 0 fully saturated rings. The van der Waals surface area contributed by atoms with Crippen molar-refractivity contribution in [2.24, 2.45) is 0 Å². The summed E-state index contributed by atoms with van der Waals surface area (Å²) in [6, 6.07) is 12.4. The second kappa shape index (κ2) is 12.6. The van der Waals surface area contributed by atoms with Crippen molar-refractivity contribution in [3.8, 4) is 0 Å². The van der Waals surface area contributed by atoms with Crippen LogP contribution >= 0.6 is 0 Å². The van der Waals surface area contributed by atoms with Gasteiger partial charge in [0.2, 0.25) is 5.91 Å². The summed E-state index contributed by atoms with van der Waals surface area (Å²) in [7, 11) is 1.48. The highest BCUT2D eigenvalue weighted by Gasteiger charge is 2.34. The molecular formula is C27H36N6O6. The fourth-order valence-corrected chi connectivity index (χ4v) is 3.50. The van der Waals surface area contributed by atoms with E-state index < -0.39 is 35.3 Å². The van der Waals surface area contributed by atoms with E-state index in [1.807, 2.05) is 30.3 Å². The van der Waals surface area contributed by atoms with Gasteiger partial charge in [-0.1, -0.05) is 36.4 Å². The van der Waals surface area contributed by atoms with Gasteiger partial charge in [0, 0.05) is 18.8 Å². The van der Waals surface area contributed by atoms with Crippen molar-refractivity contribution in [1.29, 1.82) is 0 Å². The van der Waals surface area contributed by atoms with Crippen molar-refractivity contribution in [2.75, 3.05) is 13.7 Å². The summed E-state index contributed by atoms with van der Waals surface area (Å²) in [6.07, 6.45) is 0.458. The lowest BCUT2D eigenvalue weighted by molar-refractivity contribution is -0.127. The van der Waals surface area contributed by atoms with Crippen LogP contribution < -0.4 is 16.0 Å². The molecule has 2 heterocycles. The highest BCUT2D eigenvalue weighted by atomic mass is 16.6. The van der Waals surface area contributed by atoms with E-state index in [1.165, 1.54) is 7.05 Å². The SMILES string of the molecule is CNC(=O)OCc1ccc2nnc([C@@H](COCc3ccccc3)NC(=O)C(C)(C)NC(=O)OC(C)(C)C)n2c1. The molecule has 2 aromatic heterocycles. The number of carbonyl (C=O) groups excluding carboxylic acids is 3. The molecule has 0 spiro atoms. The molecule has 0 saturated heterocycles. The third-order valence-corrected chi connectivity index (χ3v) is 5.46. The van der Waals surface area contributed by atoms with Gasteiger partial charge in [-0.25, -0.2) is 9.59 Å². The number of carbonyl (C=O) groups is 3. The molecule has 0 unspecified atom stereocenters. The van der Waals surface area contributed by atoms with Gasteiger partial charge < -0.3 is 30.2 Å². The molecule has 0 bridgehead atoms. The van der Waals surface area contributed by atoms with Gasteiger partial charge in [-0.15, -0.1) is 10.2 Å². The smallest absolute Gasteiger partial charge is 0.408 e. The normalized spacial score (nSPS) is 12.5. The number of nitrogens with one attached hydrogen (secondary N) is 3. The molecule has 12 nitrogen and oxygen atoms in total. The molecule has 3 N–H and O–H groups in total. The first kappa shape index (κ1) is 29.4. The molecule has 0 aliphatic rings. The maximum Gasteiger partial charge on any atom is 0.408 e. The van der Waals surface area contributed by atoms with Crippen LogP contribution in [0.15, 0.2) is 48.7 Å². The van der Waals surface area contributed by atoms with Gasteiger partial charge in [0.1, 0.15) is 23.8 Å². The molecule has 210 valence electrons. The van der Waals surface area contributed by atoms with Crippen molar-refractivity contribution >= 4 is 23.7 Å². The van der Waals surface area contributed by atoms with Crippen molar-refractivity contribution in [2.45, 2.75) is 65.0 Å². The number of ether oxygens (including phenoxy) is 3. The van der Waals surface area contributed by atoms with E-state index in [0.717, 1.165) is 5.56 Å². The van der Waals surface area contributed by atoms with Crippen molar-refractivity contribution < 1.29 is 28.6 Å². The molecule has 12 heteroatoms. The van der Waals surface area contributed by atoms with Gasteiger partial charge >= 0.3 is 12.2 Å². The molecule has 39 heavy (non-hydrogen) atoms. The Hall–Kier alpha value is -4.19. The maximum absolute atomic E-state index is 13.4. The Bertz CT molecular complexity index is 1280. The summed E-state index contributed by atoms with van der Waals surface area (Å²) in [5, 5.41) is 16.5. The largest absolute Gasteiger partial charge is 0.445 e. The number of hydrogen-bond acceptors (Lipinski definition) is 8. The van der Waals surface area contributed by atoms with E-state index in [4.69, 9.17) is 14.2 Å². The number of alkyl carbamates (subject to hydrolysis) is 2. The van der Waals surface area contributed by atoms with Crippen molar-refractivity contribution in [3.05, 3.63) is 65.6 Å². The second-order valence-electron chi connectivity index (χ2n) is 10.4. The van der Waals surface area contributed by atoms with Crippen LogP contribution in [0.5, 0.6) is 0 Å². The van der Waals surface area contributed by atoms with Crippen LogP contribution in [0.1, 0.15) is 57.6 Å². The predicted octanol–water partition coefficient (Wildman–Crippen LogP) is 3.26. The molecule has 3 amide bonds.